The minimum atomic E-state index is -1.08. The van der Waals surface area contributed by atoms with E-state index < -0.39 is 18.0 Å². The van der Waals surface area contributed by atoms with Gasteiger partial charge in [0.05, 0.1) is 24.3 Å². The Morgan fingerprint density at radius 2 is 1.88 bits per heavy atom. The number of amides is 4. The van der Waals surface area contributed by atoms with E-state index in [9.17, 15) is 19.5 Å². The lowest BCUT2D eigenvalue weighted by Gasteiger charge is -2.19. The standard InChI is InChI=1S/C21H21N5O5S/c22-18(27)15-11-17(32-19(15)25-20(23)28)14-6-1-2-7-16(14)31-10-9-26(21(29)30)12-13-5-3-4-8-24-13/h1-8,11H,9-10,12H2,(H2,22,27)(H,29,30)(H3,23,25,28). The number of anilines is 1. The molecule has 0 saturated heterocycles. The maximum atomic E-state index is 11.7. The second-order valence-electron chi connectivity index (χ2n) is 6.58. The number of urea groups is 1. The van der Waals surface area contributed by atoms with Gasteiger partial charge >= 0.3 is 12.1 Å². The van der Waals surface area contributed by atoms with E-state index in [4.69, 9.17) is 16.2 Å². The molecular formula is C21H21N5O5S. The fourth-order valence-electron chi connectivity index (χ4n) is 2.90. The number of rotatable bonds is 9. The fourth-order valence-corrected chi connectivity index (χ4v) is 4.00. The Morgan fingerprint density at radius 3 is 2.53 bits per heavy atom. The van der Waals surface area contributed by atoms with Crippen LogP contribution in [0.3, 0.4) is 0 Å². The Balaban J connectivity index is 1.75. The number of carboxylic acid groups (broad SMARTS) is 1. The maximum Gasteiger partial charge on any atom is 0.407 e. The van der Waals surface area contributed by atoms with Crippen LogP contribution < -0.4 is 21.5 Å². The highest BCUT2D eigenvalue weighted by atomic mass is 32.1. The summed E-state index contributed by atoms with van der Waals surface area (Å²) >= 11 is 1.12. The Kier molecular flexibility index (Phi) is 7.24. The number of benzene rings is 1. The van der Waals surface area contributed by atoms with Crippen molar-refractivity contribution in [3.8, 4) is 16.2 Å². The van der Waals surface area contributed by atoms with Crippen LogP contribution in [0.5, 0.6) is 5.75 Å². The van der Waals surface area contributed by atoms with E-state index in [2.05, 4.69) is 10.3 Å². The summed E-state index contributed by atoms with van der Waals surface area (Å²) in [5.74, 6) is -0.222. The molecule has 32 heavy (non-hydrogen) atoms. The number of carbonyl (C=O) groups is 3. The number of hydrogen-bond acceptors (Lipinski definition) is 6. The third-order valence-electron chi connectivity index (χ3n) is 4.36. The summed E-state index contributed by atoms with van der Waals surface area (Å²) in [6.07, 6.45) is 0.518. The highest BCUT2D eigenvalue weighted by Gasteiger charge is 2.19. The van der Waals surface area contributed by atoms with Crippen LogP contribution in [0.4, 0.5) is 14.6 Å². The van der Waals surface area contributed by atoms with Crippen LogP contribution in [0.15, 0.2) is 54.7 Å². The van der Waals surface area contributed by atoms with Crippen LogP contribution in [0.2, 0.25) is 0 Å². The van der Waals surface area contributed by atoms with E-state index in [1.807, 2.05) is 0 Å². The zero-order chi connectivity index (χ0) is 23.1. The molecule has 2 heterocycles. The summed E-state index contributed by atoms with van der Waals surface area (Å²) in [5.41, 5.74) is 12.0. The van der Waals surface area contributed by atoms with Crippen LogP contribution in [0.25, 0.3) is 10.4 Å². The molecule has 0 aliphatic heterocycles. The van der Waals surface area contributed by atoms with Crippen molar-refractivity contribution in [2.75, 3.05) is 18.5 Å². The Labute approximate surface area is 187 Å². The first-order valence-electron chi connectivity index (χ1n) is 9.45. The second-order valence-corrected chi connectivity index (χ2v) is 7.63. The highest BCUT2D eigenvalue weighted by molar-refractivity contribution is 7.20. The van der Waals surface area contributed by atoms with Crippen LogP contribution in [-0.4, -0.2) is 46.2 Å². The number of nitrogens with zero attached hydrogens (tertiary/aromatic N) is 2. The van der Waals surface area contributed by atoms with Crippen molar-refractivity contribution in [1.29, 1.82) is 0 Å². The summed E-state index contributed by atoms with van der Waals surface area (Å²) in [6, 6.07) is 13.1. The van der Waals surface area contributed by atoms with Gasteiger partial charge in [0.2, 0.25) is 0 Å². The summed E-state index contributed by atoms with van der Waals surface area (Å²) in [7, 11) is 0. The molecule has 0 fully saturated rings. The molecule has 0 aliphatic rings. The highest BCUT2D eigenvalue weighted by Crippen LogP contribution is 2.39. The van der Waals surface area contributed by atoms with E-state index >= 15 is 0 Å². The van der Waals surface area contributed by atoms with Crippen molar-refractivity contribution in [2.24, 2.45) is 11.5 Å². The van der Waals surface area contributed by atoms with Crippen molar-refractivity contribution >= 4 is 34.4 Å². The monoisotopic (exact) mass is 455 g/mol. The van der Waals surface area contributed by atoms with Crippen LogP contribution in [0, 0.1) is 0 Å². The number of pyridine rings is 1. The summed E-state index contributed by atoms with van der Waals surface area (Å²) in [5, 5.41) is 12.1. The molecule has 2 aromatic heterocycles. The SMILES string of the molecule is NC(=O)Nc1sc(-c2ccccc2OCCN(Cc2ccccn2)C(=O)O)cc1C(N)=O. The molecule has 11 heteroatoms. The average Bonchev–Trinajstić information content (AvgIpc) is 3.17. The number of ether oxygens (including phenoxy) is 1. The molecule has 3 rings (SSSR count). The number of para-hydroxylation sites is 1. The van der Waals surface area contributed by atoms with Gasteiger partial charge in [0, 0.05) is 16.6 Å². The molecular weight excluding hydrogens is 434 g/mol. The average molecular weight is 455 g/mol. The first-order chi connectivity index (χ1) is 15.3. The van der Waals surface area contributed by atoms with Crippen molar-refractivity contribution < 1.29 is 24.2 Å². The Bertz CT molecular complexity index is 1120. The molecule has 1 aromatic carbocycles. The third kappa shape index (κ3) is 5.73. The number of nitrogens with two attached hydrogens (primary N) is 2. The lowest BCUT2D eigenvalue weighted by atomic mass is 10.1. The van der Waals surface area contributed by atoms with E-state index in [1.54, 1.807) is 54.7 Å². The van der Waals surface area contributed by atoms with Crippen molar-refractivity contribution in [1.82, 2.24) is 9.88 Å². The Morgan fingerprint density at radius 1 is 1.12 bits per heavy atom. The molecule has 10 nitrogen and oxygen atoms in total. The number of carbonyl (C=O) groups excluding carboxylic acids is 2. The molecule has 6 N–H and O–H groups in total. The molecule has 0 radical (unpaired) electrons. The lowest BCUT2D eigenvalue weighted by Crippen LogP contribution is -2.33. The van der Waals surface area contributed by atoms with E-state index in [0.717, 1.165) is 11.3 Å². The Hall–Kier alpha value is -4.12. The number of primary amides is 2. The predicted octanol–water partition coefficient (Wildman–Crippen LogP) is 2.96. The first-order valence-corrected chi connectivity index (χ1v) is 10.3. The quantitative estimate of drug-likeness (QED) is 0.388. The smallest absolute Gasteiger partial charge is 0.407 e. The van der Waals surface area contributed by atoms with Crippen LogP contribution >= 0.6 is 11.3 Å². The van der Waals surface area contributed by atoms with E-state index in [-0.39, 0.29) is 30.3 Å². The van der Waals surface area contributed by atoms with Gasteiger partial charge in [0.15, 0.2) is 0 Å². The molecule has 0 atom stereocenters. The number of thiophene rings is 1. The van der Waals surface area contributed by atoms with Gasteiger partial charge in [-0.1, -0.05) is 18.2 Å². The van der Waals surface area contributed by atoms with Gasteiger partial charge in [0.25, 0.3) is 5.91 Å². The zero-order valence-corrected chi connectivity index (χ0v) is 17.7. The number of nitrogens with one attached hydrogen (secondary N) is 1. The van der Waals surface area contributed by atoms with Crippen LogP contribution in [0.1, 0.15) is 16.1 Å². The minimum absolute atomic E-state index is 0.0938. The summed E-state index contributed by atoms with van der Waals surface area (Å²) in [6.45, 7) is 0.346. The van der Waals surface area contributed by atoms with Gasteiger partial charge in [0.1, 0.15) is 17.4 Å². The van der Waals surface area contributed by atoms with Gasteiger partial charge in [-0.05, 0) is 30.3 Å². The van der Waals surface area contributed by atoms with Gasteiger partial charge in [-0.25, -0.2) is 9.59 Å². The van der Waals surface area contributed by atoms with Gasteiger partial charge in [-0.2, -0.15) is 0 Å². The van der Waals surface area contributed by atoms with E-state index in [1.165, 1.54) is 4.90 Å². The van der Waals surface area contributed by atoms with Crippen molar-refractivity contribution in [2.45, 2.75) is 6.54 Å². The normalized spacial score (nSPS) is 10.4. The van der Waals surface area contributed by atoms with Crippen molar-refractivity contribution in [3.63, 3.8) is 0 Å². The summed E-state index contributed by atoms with van der Waals surface area (Å²) < 4.78 is 5.85. The fraction of sp³-hybridized carbons (Fsp3) is 0.143. The van der Waals surface area contributed by atoms with Gasteiger partial charge in [-0.15, -0.1) is 11.3 Å². The summed E-state index contributed by atoms with van der Waals surface area (Å²) in [4.78, 5) is 40.5. The van der Waals surface area contributed by atoms with Gasteiger partial charge < -0.3 is 21.3 Å². The van der Waals surface area contributed by atoms with Crippen LogP contribution in [-0.2, 0) is 6.54 Å². The zero-order valence-electron chi connectivity index (χ0n) is 16.9. The molecule has 0 unspecified atom stereocenters. The number of hydrogen-bond donors (Lipinski definition) is 4. The second kappa shape index (κ2) is 10.3. The number of aromatic nitrogens is 1. The van der Waals surface area contributed by atoms with Gasteiger partial charge in [-0.3, -0.25) is 20.0 Å². The first kappa shape index (κ1) is 22.6. The topological polar surface area (TPSA) is 161 Å². The molecule has 0 aliphatic carbocycles. The largest absolute Gasteiger partial charge is 0.491 e. The molecule has 0 spiro atoms. The predicted molar refractivity (Wildman–Crippen MR) is 120 cm³/mol. The minimum Gasteiger partial charge on any atom is -0.491 e. The third-order valence-corrected chi connectivity index (χ3v) is 5.44. The lowest BCUT2D eigenvalue weighted by molar-refractivity contribution is 0.100. The molecule has 3 aromatic rings. The molecule has 166 valence electrons. The maximum absolute atomic E-state index is 11.7. The van der Waals surface area contributed by atoms with E-state index in [0.29, 0.717) is 21.9 Å². The molecule has 4 amide bonds. The molecule has 0 saturated carbocycles. The molecule has 0 bridgehead atoms. The van der Waals surface area contributed by atoms with Crippen molar-refractivity contribution in [3.05, 3.63) is 66.0 Å².